The van der Waals surface area contributed by atoms with Crippen LogP contribution in [0.3, 0.4) is 0 Å². The van der Waals surface area contributed by atoms with Crippen LogP contribution in [0, 0.1) is 0 Å². The van der Waals surface area contributed by atoms with Crippen LogP contribution >= 0.6 is 0 Å². The fourth-order valence-electron chi connectivity index (χ4n) is 2.86. The molecule has 3 rings (SSSR count). The van der Waals surface area contributed by atoms with E-state index in [0.717, 1.165) is 44.2 Å². The predicted octanol–water partition coefficient (Wildman–Crippen LogP) is 0.540. The maximum atomic E-state index is 12.0. The summed E-state index contributed by atoms with van der Waals surface area (Å²) in [7, 11) is 0. The Labute approximate surface area is 147 Å². The second-order valence-corrected chi connectivity index (χ2v) is 6.15. The van der Waals surface area contributed by atoms with Crippen LogP contribution in [0.4, 0.5) is 11.6 Å². The van der Waals surface area contributed by atoms with E-state index in [9.17, 15) is 4.79 Å². The molecule has 0 unspecified atom stereocenters. The van der Waals surface area contributed by atoms with Gasteiger partial charge in [0.2, 0.25) is 11.9 Å². The van der Waals surface area contributed by atoms with Crippen LogP contribution in [0.2, 0.25) is 0 Å². The number of nitrogens with one attached hydrogen (secondary N) is 1. The van der Waals surface area contributed by atoms with Crippen LogP contribution in [0.1, 0.15) is 5.56 Å². The number of anilines is 2. The van der Waals surface area contributed by atoms with Gasteiger partial charge in [-0.2, -0.15) is 0 Å². The quantitative estimate of drug-likeness (QED) is 0.747. The van der Waals surface area contributed by atoms with E-state index in [4.69, 9.17) is 5.73 Å². The highest BCUT2D eigenvalue weighted by molar-refractivity contribution is 5.78. The lowest BCUT2D eigenvalue weighted by Gasteiger charge is -2.34. The summed E-state index contributed by atoms with van der Waals surface area (Å²) >= 11 is 0. The number of hydrogen-bond acceptors (Lipinski definition) is 6. The van der Waals surface area contributed by atoms with Gasteiger partial charge in [0.25, 0.3) is 0 Å². The number of nitrogen functional groups attached to an aromatic ring is 1. The molecule has 2 heterocycles. The summed E-state index contributed by atoms with van der Waals surface area (Å²) in [5.74, 6) is 0.833. The fraction of sp³-hybridized carbons (Fsp3) is 0.389. The molecule has 1 saturated heterocycles. The van der Waals surface area contributed by atoms with Gasteiger partial charge in [-0.3, -0.25) is 9.69 Å². The summed E-state index contributed by atoms with van der Waals surface area (Å²) in [6, 6.07) is 9.24. The molecule has 7 heteroatoms. The van der Waals surface area contributed by atoms with Gasteiger partial charge in [-0.25, -0.2) is 9.97 Å². The first kappa shape index (κ1) is 17.2. The minimum atomic E-state index is 0.0427. The van der Waals surface area contributed by atoms with E-state index in [0.29, 0.717) is 18.7 Å². The highest BCUT2D eigenvalue weighted by Crippen LogP contribution is 2.09. The molecular weight excluding hydrogens is 316 g/mol. The van der Waals surface area contributed by atoms with E-state index in [1.807, 2.05) is 30.3 Å². The van der Waals surface area contributed by atoms with Crippen LogP contribution in [-0.2, 0) is 11.2 Å². The third kappa shape index (κ3) is 5.15. The number of benzene rings is 1. The van der Waals surface area contributed by atoms with Crippen molar-refractivity contribution in [3.63, 3.8) is 0 Å². The second-order valence-electron chi connectivity index (χ2n) is 6.15. The van der Waals surface area contributed by atoms with Gasteiger partial charge < -0.3 is 16.0 Å². The number of aromatic nitrogens is 2. The summed E-state index contributed by atoms with van der Waals surface area (Å²) < 4.78 is 0. The molecule has 0 aliphatic carbocycles. The smallest absolute Gasteiger partial charge is 0.225 e. The van der Waals surface area contributed by atoms with E-state index in [2.05, 4.69) is 25.1 Å². The van der Waals surface area contributed by atoms with Gasteiger partial charge in [0.15, 0.2) is 0 Å². The van der Waals surface area contributed by atoms with Crippen molar-refractivity contribution >= 4 is 17.5 Å². The third-order valence-corrected chi connectivity index (χ3v) is 4.30. The molecule has 0 bridgehead atoms. The summed E-state index contributed by atoms with van der Waals surface area (Å²) in [4.78, 5) is 25.1. The SMILES string of the molecule is Nc1ccc(CC(=O)NCCN2CCN(c3ncccn3)CC2)cc1. The molecule has 1 fully saturated rings. The van der Waals surface area contributed by atoms with Gasteiger partial charge >= 0.3 is 0 Å². The molecule has 0 saturated carbocycles. The maximum Gasteiger partial charge on any atom is 0.225 e. The molecule has 2 aromatic rings. The van der Waals surface area contributed by atoms with Crippen molar-refractivity contribution in [2.75, 3.05) is 49.9 Å². The largest absolute Gasteiger partial charge is 0.399 e. The van der Waals surface area contributed by atoms with Crippen molar-refractivity contribution in [3.8, 4) is 0 Å². The maximum absolute atomic E-state index is 12.0. The van der Waals surface area contributed by atoms with Crippen molar-refractivity contribution in [3.05, 3.63) is 48.3 Å². The normalized spacial score (nSPS) is 15.1. The van der Waals surface area contributed by atoms with E-state index >= 15 is 0 Å². The Hall–Kier alpha value is -2.67. The summed E-state index contributed by atoms with van der Waals surface area (Å²) in [5, 5.41) is 2.99. The lowest BCUT2D eigenvalue weighted by atomic mass is 10.1. The van der Waals surface area contributed by atoms with Gasteiger partial charge in [0.1, 0.15) is 0 Å². The number of nitrogens with zero attached hydrogens (tertiary/aromatic N) is 4. The van der Waals surface area contributed by atoms with Crippen LogP contribution < -0.4 is 16.0 Å². The van der Waals surface area contributed by atoms with Crippen LogP contribution in [-0.4, -0.2) is 60.0 Å². The number of hydrogen-bond donors (Lipinski definition) is 2. The molecule has 1 aromatic carbocycles. The van der Waals surface area contributed by atoms with E-state index in [1.54, 1.807) is 12.4 Å². The van der Waals surface area contributed by atoms with Gasteiger partial charge in [0, 0.05) is 57.3 Å². The Bertz CT molecular complexity index is 668. The monoisotopic (exact) mass is 340 g/mol. The molecule has 1 aliphatic rings. The van der Waals surface area contributed by atoms with Gasteiger partial charge in [-0.15, -0.1) is 0 Å². The molecule has 1 aromatic heterocycles. The number of piperazine rings is 1. The summed E-state index contributed by atoms with van der Waals surface area (Å²) in [6.07, 6.45) is 3.93. The first-order valence-electron chi connectivity index (χ1n) is 8.56. The Balaban J connectivity index is 1.34. The average molecular weight is 340 g/mol. The Kier molecular flexibility index (Phi) is 5.79. The van der Waals surface area contributed by atoms with Crippen LogP contribution in [0.5, 0.6) is 0 Å². The predicted molar refractivity (Wildman–Crippen MR) is 98.3 cm³/mol. The average Bonchev–Trinajstić information content (AvgIpc) is 2.65. The third-order valence-electron chi connectivity index (χ3n) is 4.30. The van der Waals surface area contributed by atoms with Crippen molar-refractivity contribution in [1.82, 2.24) is 20.2 Å². The molecular formula is C18H24N6O. The standard InChI is InChI=1S/C18H24N6O/c19-16-4-2-15(3-5-16)14-17(25)20-8-9-23-10-12-24(13-11-23)18-21-6-1-7-22-18/h1-7H,8-14,19H2,(H,20,25). The number of carbonyl (C=O) groups is 1. The molecule has 7 nitrogen and oxygen atoms in total. The van der Waals surface area contributed by atoms with E-state index in [-0.39, 0.29) is 5.91 Å². The molecule has 25 heavy (non-hydrogen) atoms. The minimum Gasteiger partial charge on any atom is -0.399 e. The van der Waals surface area contributed by atoms with Crippen LogP contribution in [0.15, 0.2) is 42.7 Å². The van der Waals surface area contributed by atoms with Gasteiger partial charge in [-0.1, -0.05) is 12.1 Å². The van der Waals surface area contributed by atoms with Crippen LogP contribution in [0.25, 0.3) is 0 Å². The Morgan fingerprint density at radius 1 is 1.08 bits per heavy atom. The molecule has 1 aliphatic heterocycles. The number of nitrogens with two attached hydrogens (primary N) is 1. The number of amides is 1. The molecule has 1 amide bonds. The molecule has 0 spiro atoms. The number of carbonyl (C=O) groups excluding carboxylic acids is 1. The highest BCUT2D eigenvalue weighted by Gasteiger charge is 2.18. The first-order valence-corrected chi connectivity index (χ1v) is 8.56. The second kappa shape index (κ2) is 8.43. The lowest BCUT2D eigenvalue weighted by Crippen LogP contribution is -2.49. The van der Waals surface area contributed by atoms with Crippen molar-refractivity contribution < 1.29 is 4.79 Å². The zero-order valence-electron chi connectivity index (χ0n) is 14.3. The Morgan fingerprint density at radius 2 is 1.76 bits per heavy atom. The first-order chi connectivity index (χ1) is 12.2. The van der Waals surface area contributed by atoms with Gasteiger partial charge in [0.05, 0.1) is 6.42 Å². The van der Waals surface area contributed by atoms with Crippen molar-refractivity contribution in [2.45, 2.75) is 6.42 Å². The topological polar surface area (TPSA) is 87.4 Å². The van der Waals surface area contributed by atoms with Crippen molar-refractivity contribution in [1.29, 1.82) is 0 Å². The van der Waals surface area contributed by atoms with Crippen molar-refractivity contribution in [2.24, 2.45) is 0 Å². The zero-order chi connectivity index (χ0) is 17.5. The van der Waals surface area contributed by atoms with Gasteiger partial charge in [-0.05, 0) is 23.8 Å². The molecule has 132 valence electrons. The summed E-state index contributed by atoms with van der Waals surface area (Å²) in [6.45, 7) is 5.23. The summed E-state index contributed by atoms with van der Waals surface area (Å²) in [5.41, 5.74) is 7.34. The van der Waals surface area contributed by atoms with E-state index < -0.39 is 0 Å². The van der Waals surface area contributed by atoms with E-state index in [1.165, 1.54) is 0 Å². The molecule has 0 atom stereocenters. The fourth-order valence-corrected chi connectivity index (χ4v) is 2.86. The molecule has 3 N–H and O–H groups in total. The Morgan fingerprint density at radius 3 is 2.44 bits per heavy atom. The molecule has 0 radical (unpaired) electrons. The number of rotatable bonds is 6. The highest BCUT2D eigenvalue weighted by atomic mass is 16.1. The lowest BCUT2D eigenvalue weighted by molar-refractivity contribution is -0.120. The minimum absolute atomic E-state index is 0.0427. The zero-order valence-corrected chi connectivity index (χ0v) is 14.3.